The van der Waals surface area contributed by atoms with Gasteiger partial charge in [-0.1, -0.05) is 40.5 Å². The Morgan fingerprint density at radius 1 is 1.24 bits per heavy atom. The molecule has 102 valence electrons. The summed E-state index contributed by atoms with van der Waals surface area (Å²) in [6.45, 7) is 9.76. The van der Waals surface area contributed by atoms with Crippen molar-refractivity contribution < 1.29 is 4.21 Å². The van der Waals surface area contributed by atoms with Crippen LogP contribution in [-0.4, -0.2) is 27.3 Å². The van der Waals surface area contributed by atoms with Crippen LogP contribution in [0.15, 0.2) is 0 Å². The fourth-order valence-electron chi connectivity index (χ4n) is 2.48. The summed E-state index contributed by atoms with van der Waals surface area (Å²) < 4.78 is 12.6. The predicted octanol–water partition coefficient (Wildman–Crippen LogP) is 3.09. The molecule has 1 aliphatic carbocycles. The van der Waals surface area contributed by atoms with E-state index < -0.39 is 10.8 Å². The van der Waals surface area contributed by atoms with E-state index in [1.54, 1.807) is 0 Å². The Balaban J connectivity index is 2.60. The van der Waals surface area contributed by atoms with E-state index in [0.29, 0.717) is 22.5 Å². The van der Waals surface area contributed by atoms with Crippen molar-refractivity contribution in [2.45, 2.75) is 76.3 Å². The van der Waals surface area contributed by atoms with E-state index in [0.717, 1.165) is 19.4 Å². The summed E-state index contributed by atoms with van der Waals surface area (Å²) in [4.78, 5) is 0. The molecule has 1 rings (SSSR count). The van der Waals surface area contributed by atoms with Crippen LogP contribution in [0.5, 0.6) is 0 Å². The van der Waals surface area contributed by atoms with Crippen LogP contribution in [0.4, 0.5) is 0 Å². The summed E-state index contributed by atoms with van der Waals surface area (Å²) >= 11 is 0. The van der Waals surface area contributed by atoms with Crippen LogP contribution < -0.4 is 5.32 Å². The molecule has 0 aromatic carbocycles. The van der Waals surface area contributed by atoms with Gasteiger partial charge in [0.1, 0.15) is 0 Å². The summed E-state index contributed by atoms with van der Waals surface area (Å²) in [5, 5.41) is 4.31. The number of hydrogen-bond donors (Lipinski definition) is 1. The highest BCUT2D eigenvalue weighted by atomic mass is 32.2. The van der Waals surface area contributed by atoms with Crippen LogP contribution in [0.1, 0.15) is 59.8 Å². The lowest BCUT2D eigenvalue weighted by Crippen LogP contribution is -2.47. The van der Waals surface area contributed by atoms with Gasteiger partial charge < -0.3 is 5.32 Å². The molecule has 1 aliphatic rings. The molecule has 3 heteroatoms. The van der Waals surface area contributed by atoms with Gasteiger partial charge in [0.15, 0.2) is 0 Å². The van der Waals surface area contributed by atoms with Gasteiger partial charge in [0.2, 0.25) is 0 Å². The molecular formula is C14H29NOS. The van der Waals surface area contributed by atoms with Crippen molar-refractivity contribution in [3.63, 3.8) is 0 Å². The molecule has 0 spiro atoms. The average molecular weight is 259 g/mol. The van der Waals surface area contributed by atoms with Crippen LogP contribution in [0.25, 0.3) is 0 Å². The second-order valence-electron chi connectivity index (χ2n) is 5.66. The van der Waals surface area contributed by atoms with Crippen LogP contribution in [0.3, 0.4) is 0 Å². The second kappa shape index (κ2) is 7.52. The van der Waals surface area contributed by atoms with E-state index in [9.17, 15) is 4.21 Å². The third-order valence-corrected chi connectivity index (χ3v) is 6.40. The van der Waals surface area contributed by atoms with Crippen molar-refractivity contribution in [1.29, 1.82) is 0 Å². The van der Waals surface area contributed by atoms with E-state index in [4.69, 9.17) is 0 Å². The Labute approximate surface area is 109 Å². The minimum Gasteiger partial charge on any atom is -0.313 e. The van der Waals surface area contributed by atoms with E-state index >= 15 is 0 Å². The number of rotatable bonds is 6. The van der Waals surface area contributed by atoms with Crippen molar-refractivity contribution in [3.05, 3.63) is 0 Å². The van der Waals surface area contributed by atoms with Crippen molar-refractivity contribution in [3.8, 4) is 0 Å². The smallest absolute Gasteiger partial charge is 0.0504 e. The first-order valence-corrected chi connectivity index (χ1v) is 8.48. The van der Waals surface area contributed by atoms with Gasteiger partial charge >= 0.3 is 0 Å². The lowest BCUT2D eigenvalue weighted by Gasteiger charge is -2.34. The monoisotopic (exact) mass is 259 g/mol. The molecule has 0 amide bonds. The summed E-state index contributed by atoms with van der Waals surface area (Å²) in [5.74, 6) is 0.518. The normalized spacial score (nSPS) is 29.2. The highest BCUT2D eigenvalue weighted by molar-refractivity contribution is 7.86. The Morgan fingerprint density at radius 3 is 2.47 bits per heavy atom. The predicted molar refractivity (Wildman–Crippen MR) is 76.8 cm³/mol. The number of hydrogen-bond acceptors (Lipinski definition) is 2. The molecule has 0 aromatic rings. The molecule has 17 heavy (non-hydrogen) atoms. The van der Waals surface area contributed by atoms with E-state index in [-0.39, 0.29) is 0 Å². The molecule has 0 heterocycles. The molecule has 1 fully saturated rings. The van der Waals surface area contributed by atoms with Crippen LogP contribution in [0.2, 0.25) is 0 Å². The van der Waals surface area contributed by atoms with Gasteiger partial charge in [0.25, 0.3) is 0 Å². The summed E-state index contributed by atoms with van der Waals surface area (Å²) in [7, 11) is -0.677. The molecule has 0 aliphatic heterocycles. The zero-order valence-electron chi connectivity index (χ0n) is 11.9. The third kappa shape index (κ3) is 4.36. The van der Waals surface area contributed by atoms with Crippen LogP contribution >= 0.6 is 0 Å². The van der Waals surface area contributed by atoms with Gasteiger partial charge in [0, 0.05) is 22.1 Å². The molecule has 1 saturated carbocycles. The van der Waals surface area contributed by atoms with Crippen molar-refractivity contribution in [2.75, 3.05) is 6.54 Å². The van der Waals surface area contributed by atoms with Crippen LogP contribution in [0, 0.1) is 5.92 Å². The van der Waals surface area contributed by atoms with Gasteiger partial charge in [-0.25, -0.2) is 0 Å². The highest BCUT2D eigenvalue weighted by Crippen LogP contribution is 2.26. The summed E-state index contributed by atoms with van der Waals surface area (Å²) in [6.07, 6.45) is 6.07. The maximum Gasteiger partial charge on any atom is 0.0504 e. The lowest BCUT2D eigenvalue weighted by molar-refractivity contribution is 0.377. The first-order chi connectivity index (χ1) is 8.07. The largest absolute Gasteiger partial charge is 0.313 e. The van der Waals surface area contributed by atoms with Gasteiger partial charge in [-0.15, -0.1) is 0 Å². The Hall–Kier alpha value is 0.110. The highest BCUT2D eigenvalue weighted by Gasteiger charge is 2.32. The molecule has 2 nitrogen and oxygen atoms in total. The Bertz CT molecular complexity index is 242. The molecular weight excluding hydrogens is 230 g/mol. The first-order valence-electron chi connectivity index (χ1n) is 7.20. The number of nitrogens with one attached hydrogen (secondary N) is 1. The standard InChI is InChI=1S/C14H29NOS/c1-5-10-15-13-8-6-7-9-14(13)17(16)12(4)11(2)3/h11-15H,5-10H2,1-4H3. The van der Waals surface area contributed by atoms with E-state index in [1.807, 2.05) is 0 Å². The summed E-state index contributed by atoms with van der Waals surface area (Å²) in [5.41, 5.74) is 0. The molecule has 4 unspecified atom stereocenters. The Kier molecular flexibility index (Phi) is 6.71. The maximum absolute atomic E-state index is 12.6. The zero-order valence-corrected chi connectivity index (χ0v) is 12.7. The fourth-order valence-corrected chi connectivity index (χ4v) is 4.53. The molecule has 0 bridgehead atoms. The lowest BCUT2D eigenvalue weighted by atomic mass is 9.95. The van der Waals surface area contributed by atoms with Gasteiger partial charge in [0.05, 0.1) is 5.25 Å². The first kappa shape index (κ1) is 15.2. The van der Waals surface area contributed by atoms with Crippen LogP contribution in [-0.2, 0) is 10.8 Å². The Morgan fingerprint density at radius 2 is 1.88 bits per heavy atom. The molecule has 4 atom stereocenters. The molecule has 1 N–H and O–H groups in total. The fraction of sp³-hybridized carbons (Fsp3) is 1.00. The topological polar surface area (TPSA) is 29.1 Å². The zero-order chi connectivity index (χ0) is 12.8. The minimum absolute atomic E-state index is 0.323. The van der Waals surface area contributed by atoms with Crippen molar-refractivity contribution in [2.24, 2.45) is 5.92 Å². The van der Waals surface area contributed by atoms with Gasteiger partial charge in [-0.3, -0.25) is 4.21 Å². The van der Waals surface area contributed by atoms with Gasteiger partial charge in [-0.2, -0.15) is 0 Å². The van der Waals surface area contributed by atoms with Gasteiger partial charge in [-0.05, 0) is 31.7 Å². The van der Waals surface area contributed by atoms with E-state index in [2.05, 4.69) is 33.0 Å². The van der Waals surface area contributed by atoms with E-state index in [1.165, 1.54) is 19.3 Å². The maximum atomic E-state index is 12.6. The average Bonchev–Trinajstić information content (AvgIpc) is 2.34. The minimum atomic E-state index is -0.677. The molecule has 0 saturated heterocycles. The van der Waals surface area contributed by atoms with Crippen molar-refractivity contribution >= 4 is 10.8 Å². The third-order valence-electron chi connectivity index (χ3n) is 3.96. The van der Waals surface area contributed by atoms with Crippen molar-refractivity contribution in [1.82, 2.24) is 5.32 Å². The second-order valence-corrected chi connectivity index (χ2v) is 7.67. The summed E-state index contributed by atoms with van der Waals surface area (Å²) in [6, 6.07) is 0.491. The molecule has 0 radical (unpaired) electrons. The quantitative estimate of drug-likeness (QED) is 0.794. The SMILES string of the molecule is CCCNC1CCCCC1S(=O)C(C)C(C)C. The molecule has 0 aromatic heterocycles.